The molecule has 20 heavy (non-hydrogen) atoms. The van der Waals surface area contributed by atoms with Crippen molar-refractivity contribution in [2.24, 2.45) is 5.92 Å². The van der Waals surface area contributed by atoms with Crippen LogP contribution in [0.5, 0.6) is 0 Å². The number of carbonyl (C=O) groups is 2. The van der Waals surface area contributed by atoms with Gasteiger partial charge < -0.3 is 9.73 Å². The number of ketones is 1. The minimum absolute atomic E-state index is 0.0826. The van der Waals surface area contributed by atoms with Crippen molar-refractivity contribution in [2.45, 2.75) is 19.3 Å². The predicted molar refractivity (Wildman–Crippen MR) is 70.9 cm³/mol. The van der Waals surface area contributed by atoms with E-state index in [4.69, 9.17) is 4.42 Å². The second-order valence-corrected chi connectivity index (χ2v) is 5.06. The van der Waals surface area contributed by atoms with Crippen molar-refractivity contribution in [3.05, 3.63) is 35.8 Å². The number of halogens is 1. The van der Waals surface area contributed by atoms with Gasteiger partial charge in [0.1, 0.15) is 17.2 Å². The molecule has 0 bridgehead atoms. The maximum atomic E-state index is 13.1. The van der Waals surface area contributed by atoms with Crippen LogP contribution in [0.2, 0.25) is 0 Å². The van der Waals surface area contributed by atoms with E-state index in [-0.39, 0.29) is 29.2 Å². The topological polar surface area (TPSA) is 59.3 Å². The summed E-state index contributed by atoms with van der Waals surface area (Å²) in [5.41, 5.74) is 0.466. The van der Waals surface area contributed by atoms with E-state index in [1.807, 2.05) is 0 Å². The fourth-order valence-corrected chi connectivity index (χ4v) is 2.53. The fourth-order valence-electron chi connectivity index (χ4n) is 2.53. The number of fused-ring (bicyclic) bond motifs is 1. The lowest BCUT2D eigenvalue weighted by atomic mass is 10.1. The summed E-state index contributed by atoms with van der Waals surface area (Å²) in [6.45, 7) is 0.336. The predicted octanol–water partition coefficient (Wildman–Crippen LogP) is 2.67. The average molecular weight is 275 g/mol. The largest absolute Gasteiger partial charge is 0.451 e. The van der Waals surface area contributed by atoms with Gasteiger partial charge in [0.25, 0.3) is 5.91 Å². The van der Waals surface area contributed by atoms with Gasteiger partial charge >= 0.3 is 0 Å². The number of benzene rings is 1. The monoisotopic (exact) mass is 275 g/mol. The number of hydrogen-bond acceptors (Lipinski definition) is 3. The van der Waals surface area contributed by atoms with Crippen molar-refractivity contribution >= 4 is 22.7 Å². The highest BCUT2D eigenvalue weighted by molar-refractivity contribution is 5.96. The minimum Gasteiger partial charge on any atom is -0.451 e. The molecular weight excluding hydrogens is 261 g/mol. The molecule has 1 unspecified atom stereocenters. The molecule has 1 heterocycles. The van der Waals surface area contributed by atoms with E-state index >= 15 is 0 Å². The van der Waals surface area contributed by atoms with Gasteiger partial charge in [0.2, 0.25) is 0 Å². The second kappa shape index (κ2) is 5.07. The van der Waals surface area contributed by atoms with Crippen molar-refractivity contribution in [1.82, 2.24) is 5.32 Å². The molecule has 1 N–H and O–H groups in total. The Hall–Kier alpha value is -2.17. The third-order valence-electron chi connectivity index (χ3n) is 3.64. The van der Waals surface area contributed by atoms with Gasteiger partial charge in [-0.25, -0.2) is 4.39 Å². The zero-order valence-electron chi connectivity index (χ0n) is 10.8. The molecular formula is C15H14FNO3. The van der Waals surface area contributed by atoms with Gasteiger partial charge in [-0.3, -0.25) is 9.59 Å². The van der Waals surface area contributed by atoms with Crippen LogP contribution in [-0.4, -0.2) is 18.2 Å². The first kappa shape index (κ1) is 12.8. The summed E-state index contributed by atoms with van der Waals surface area (Å²) in [5.74, 6) is -0.489. The van der Waals surface area contributed by atoms with Crippen LogP contribution in [0, 0.1) is 11.7 Å². The first-order chi connectivity index (χ1) is 9.63. The third kappa shape index (κ3) is 2.43. The van der Waals surface area contributed by atoms with Crippen LogP contribution >= 0.6 is 0 Å². The lowest BCUT2D eigenvalue weighted by Gasteiger charge is -2.08. The molecule has 1 aliphatic carbocycles. The van der Waals surface area contributed by atoms with Crippen molar-refractivity contribution in [3.8, 4) is 0 Å². The smallest absolute Gasteiger partial charge is 0.287 e. The van der Waals surface area contributed by atoms with Crippen molar-refractivity contribution in [3.63, 3.8) is 0 Å². The van der Waals surface area contributed by atoms with Crippen LogP contribution < -0.4 is 5.32 Å². The average Bonchev–Trinajstić information content (AvgIpc) is 3.01. The maximum absolute atomic E-state index is 13.1. The summed E-state index contributed by atoms with van der Waals surface area (Å²) in [6, 6.07) is 5.59. The van der Waals surface area contributed by atoms with Gasteiger partial charge in [0.15, 0.2) is 5.76 Å². The van der Waals surface area contributed by atoms with E-state index in [1.54, 1.807) is 0 Å². The maximum Gasteiger partial charge on any atom is 0.287 e. The van der Waals surface area contributed by atoms with Gasteiger partial charge in [-0.1, -0.05) is 0 Å². The van der Waals surface area contributed by atoms with Gasteiger partial charge in [-0.05, 0) is 37.1 Å². The molecule has 1 fully saturated rings. The molecule has 4 nitrogen and oxygen atoms in total. The van der Waals surface area contributed by atoms with E-state index < -0.39 is 0 Å². The van der Waals surface area contributed by atoms with Crippen molar-refractivity contribution in [1.29, 1.82) is 0 Å². The molecule has 104 valence electrons. The van der Waals surface area contributed by atoms with Gasteiger partial charge in [-0.2, -0.15) is 0 Å². The number of rotatable bonds is 3. The summed E-state index contributed by atoms with van der Waals surface area (Å²) in [7, 11) is 0. The summed E-state index contributed by atoms with van der Waals surface area (Å²) in [6.07, 6.45) is 2.32. The molecule has 1 aliphatic rings. The number of nitrogens with one attached hydrogen (secondary N) is 1. The van der Waals surface area contributed by atoms with E-state index in [1.165, 1.54) is 24.3 Å². The first-order valence-corrected chi connectivity index (χ1v) is 6.63. The molecule has 0 radical (unpaired) electrons. The van der Waals surface area contributed by atoms with Gasteiger partial charge in [0, 0.05) is 24.3 Å². The Morgan fingerprint density at radius 1 is 1.40 bits per heavy atom. The third-order valence-corrected chi connectivity index (χ3v) is 3.64. The Kier molecular flexibility index (Phi) is 3.26. The second-order valence-electron chi connectivity index (χ2n) is 5.06. The Morgan fingerprint density at radius 2 is 2.25 bits per heavy atom. The van der Waals surface area contributed by atoms with Crippen LogP contribution in [0.3, 0.4) is 0 Å². The highest BCUT2D eigenvalue weighted by Gasteiger charge is 2.25. The molecule has 0 saturated heterocycles. The number of Topliss-reactive ketones (excluding diaryl/α,β-unsaturated/α-hetero) is 1. The van der Waals surface area contributed by atoms with E-state index in [2.05, 4.69) is 5.32 Å². The van der Waals surface area contributed by atoms with Crippen LogP contribution in [-0.2, 0) is 4.79 Å². The van der Waals surface area contributed by atoms with Crippen LogP contribution in [0.25, 0.3) is 11.0 Å². The normalized spacial score (nSPS) is 18.6. The quantitative estimate of drug-likeness (QED) is 0.936. The molecule has 1 aromatic carbocycles. The molecule has 1 amide bonds. The van der Waals surface area contributed by atoms with Crippen LogP contribution in [0.4, 0.5) is 4.39 Å². The minimum atomic E-state index is -0.374. The summed E-state index contributed by atoms with van der Waals surface area (Å²) in [4.78, 5) is 23.4. The van der Waals surface area contributed by atoms with E-state index in [9.17, 15) is 14.0 Å². The van der Waals surface area contributed by atoms with E-state index in [0.717, 1.165) is 12.8 Å². The lowest BCUT2D eigenvalue weighted by Crippen LogP contribution is -2.30. The van der Waals surface area contributed by atoms with Gasteiger partial charge in [0.05, 0.1) is 0 Å². The standard InChI is InChI=1S/C15H14FNO3/c16-11-4-5-13-10(6-11)7-14(20-13)15(19)17-8-9-2-1-3-12(9)18/h4-7,9H,1-3,8H2,(H,17,19). The number of carbonyl (C=O) groups excluding carboxylic acids is 2. The Morgan fingerprint density at radius 3 is 3.00 bits per heavy atom. The zero-order valence-corrected chi connectivity index (χ0v) is 10.8. The summed E-state index contributed by atoms with van der Waals surface area (Å²) >= 11 is 0. The molecule has 1 aromatic heterocycles. The Bertz CT molecular complexity index is 677. The number of furan rings is 1. The molecule has 2 aromatic rings. The Balaban J connectivity index is 1.70. The summed E-state index contributed by atoms with van der Waals surface area (Å²) in [5, 5.41) is 3.25. The first-order valence-electron chi connectivity index (χ1n) is 6.63. The summed E-state index contributed by atoms with van der Waals surface area (Å²) < 4.78 is 18.4. The van der Waals surface area contributed by atoms with Crippen LogP contribution in [0.1, 0.15) is 29.8 Å². The molecule has 3 rings (SSSR count). The lowest BCUT2D eigenvalue weighted by molar-refractivity contribution is -0.120. The Labute approximate surface area is 114 Å². The molecule has 0 spiro atoms. The zero-order chi connectivity index (χ0) is 14.1. The molecule has 0 aliphatic heterocycles. The number of amides is 1. The molecule has 1 saturated carbocycles. The number of hydrogen-bond donors (Lipinski definition) is 1. The van der Waals surface area contributed by atoms with Crippen LogP contribution in [0.15, 0.2) is 28.7 Å². The SMILES string of the molecule is O=C(NCC1CCCC1=O)c1cc2cc(F)ccc2o1. The van der Waals surface area contributed by atoms with Gasteiger partial charge in [-0.15, -0.1) is 0 Å². The molecule has 1 atom stereocenters. The highest BCUT2D eigenvalue weighted by Crippen LogP contribution is 2.22. The fraction of sp³-hybridized carbons (Fsp3) is 0.333. The van der Waals surface area contributed by atoms with Crippen molar-refractivity contribution in [2.75, 3.05) is 6.54 Å². The van der Waals surface area contributed by atoms with E-state index in [0.29, 0.717) is 23.9 Å². The van der Waals surface area contributed by atoms with Crippen molar-refractivity contribution < 1.29 is 18.4 Å². The highest BCUT2D eigenvalue weighted by atomic mass is 19.1. The molecule has 5 heteroatoms.